The Morgan fingerprint density at radius 1 is 1.08 bits per heavy atom. The first kappa shape index (κ1) is 18.1. The van der Waals surface area contributed by atoms with Gasteiger partial charge in [0.05, 0.1) is 23.1 Å². The molecule has 0 aromatic heterocycles. The zero-order chi connectivity index (χ0) is 17.6. The second-order valence-electron chi connectivity index (χ2n) is 5.88. The number of hydrogen-bond donors (Lipinski definition) is 0. The van der Waals surface area contributed by atoms with Crippen LogP contribution in [0.15, 0.2) is 28.0 Å². The Morgan fingerprint density at radius 3 is 2.21 bits per heavy atom. The van der Waals surface area contributed by atoms with Crippen molar-refractivity contribution in [3.05, 3.63) is 23.2 Å². The second-order valence-corrected chi connectivity index (χ2v) is 10.2. The fourth-order valence-corrected chi connectivity index (χ4v) is 5.57. The van der Waals surface area contributed by atoms with Gasteiger partial charge < -0.3 is 9.47 Å². The summed E-state index contributed by atoms with van der Waals surface area (Å²) >= 11 is 6.02. The maximum atomic E-state index is 12.9. The Labute approximate surface area is 146 Å². The summed E-state index contributed by atoms with van der Waals surface area (Å²) in [4.78, 5) is -0.280. The molecule has 2 aliphatic heterocycles. The molecular formula is C14H18ClNO6S2. The number of hydrogen-bond acceptors (Lipinski definition) is 6. The summed E-state index contributed by atoms with van der Waals surface area (Å²) in [5, 5.41) is -0.00365. The molecule has 0 amide bonds. The van der Waals surface area contributed by atoms with Gasteiger partial charge in [-0.25, -0.2) is 16.8 Å². The maximum Gasteiger partial charge on any atom is 0.244 e. The van der Waals surface area contributed by atoms with E-state index in [1.807, 2.05) is 0 Å². The van der Waals surface area contributed by atoms with E-state index < -0.39 is 25.6 Å². The number of halogens is 1. The predicted octanol–water partition coefficient (Wildman–Crippen LogP) is 1.27. The molecule has 134 valence electrons. The van der Waals surface area contributed by atoms with Crippen LogP contribution < -0.4 is 0 Å². The molecule has 0 aliphatic carbocycles. The van der Waals surface area contributed by atoms with E-state index in [1.165, 1.54) is 16.4 Å². The number of ether oxygens (including phenoxy) is 2. The smallest absolute Gasteiger partial charge is 0.244 e. The van der Waals surface area contributed by atoms with Gasteiger partial charge in [0.25, 0.3) is 0 Å². The minimum atomic E-state index is -3.90. The highest BCUT2D eigenvalue weighted by molar-refractivity contribution is 7.91. The molecule has 2 heterocycles. The van der Waals surface area contributed by atoms with Crippen molar-refractivity contribution in [1.82, 2.24) is 4.31 Å². The van der Waals surface area contributed by atoms with Crippen LogP contribution in [0.2, 0.25) is 5.02 Å². The van der Waals surface area contributed by atoms with Gasteiger partial charge >= 0.3 is 0 Å². The van der Waals surface area contributed by atoms with Gasteiger partial charge in [-0.15, -0.1) is 0 Å². The van der Waals surface area contributed by atoms with E-state index in [-0.39, 0.29) is 27.9 Å². The molecule has 2 fully saturated rings. The highest BCUT2D eigenvalue weighted by Crippen LogP contribution is 2.35. The minimum Gasteiger partial charge on any atom is -0.347 e. The zero-order valence-electron chi connectivity index (χ0n) is 13.1. The van der Waals surface area contributed by atoms with E-state index in [4.69, 9.17) is 21.1 Å². The minimum absolute atomic E-state index is 0.00365. The van der Waals surface area contributed by atoms with Crippen LogP contribution in [0.5, 0.6) is 0 Å². The summed E-state index contributed by atoms with van der Waals surface area (Å²) in [6.07, 6.45) is 1.87. The first-order valence-corrected chi connectivity index (χ1v) is 11.1. The number of sulfone groups is 1. The van der Waals surface area contributed by atoms with Gasteiger partial charge in [-0.1, -0.05) is 11.6 Å². The maximum absolute atomic E-state index is 12.9. The molecule has 0 radical (unpaired) electrons. The predicted molar refractivity (Wildman–Crippen MR) is 87.2 cm³/mol. The highest BCUT2D eigenvalue weighted by Gasteiger charge is 2.43. The van der Waals surface area contributed by atoms with Crippen LogP contribution in [0.3, 0.4) is 0 Å². The van der Waals surface area contributed by atoms with Gasteiger partial charge in [-0.05, 0) is 18.2 Å². The summed E-state index contributed by atoms with van der Waals surface area (Å²) < 4.78 is 61.5. The number of sulfonamides is 1. The van der Waals surface area contributed by atoms with Crippen molar-refractivity contribution < 1.29 is 26.3 Å². The molecule has 10 heteroatoms. The van der Waals surface area contributed by atoms with Crippen LogP contribution in [0.1, 0.15) is 12.8 Å². The van der Waals surface area contributed by atoms with Crippen LogP contribution in [0.4, 0.5) is 0 Å². The lowest BCUT2D eigenvalue weighted by Crippen LogP contribution is -2.47. The van der Waals surface area contributed by atoms with E-state index in [9.17, 15) is 16.8 Å². The third kappa shape index (κ3) is 3.33. The Morgan fingerprint density at radius 2 is 1.67 bits per heavy atom. The molecule has 1 aromatic carbocycles. The molecule has 24 heavy (non-hydrogen) atoms. The second kappa shape index (κ2) is 6.22. The largest absolute Gasteiger partial charge is 0.347 e. The number of benzene rings is 1. The number of rotatable bonds is 3. The van der Waals surface area contributed by atoms with Crippen molar-refractivity contribution in [2.24, 2.45) is 0 Å². The Hall–Kier alpha value is -0.710. The molecule has 0 unspecified atom stereocenters. The van der Waals surface area contributed by atoms with Crippen LogP contribution in [-0.2, 0) is 29.3 Å². The van der Waals surface area contributed by atoms with Gasteiger partial charge in [-0.2, -0.15) is 4.31 Å². The van der Waals surface area contributed by atoms with E-state index >= 15 is 0 Å². The fraction of sp³-hybridized carbons (Fsp3) is 0.571. The van der Waals surface area contributed by atoms with Gasteiger partial charge in [-0.3, -0.25) is 0 Å². The van der Waals surface area contributed by atoms with Crippen molar-refractivity contribution in [1.29, 1.82) is 0 Å². The summed E-state index contributed by atoms with van der Waals surface area (Å²) in [5.74, 6) is -0.690. The lowest BCUT2D eigenvalue weighted by atomic mass is 10.1. The molecule has 0 saturated carbocycles. The van der Waals surface area contributed by atoms with Crippen molar-refractivity contribution in [3.63, 3.8) is 0 Å². The Bertz CT molecular complexity index is 836. The van der Waals surface area contributed by atoms with Crippen LogP contribution >= 0.6 is 11.6 Å². The van der Waals surface area contributed by atoms with Gasteiger partial charge in [0.2, 0.25) is 10.0 Å². The van der Waals surface area contributed by atoms with E-state index in [2.05, 4.69) is 0 Å². The van der Waals surface area contributed by atoms with Crippen LogP contribution in [0.25, 0.3) is 0 Å². The van der Waals surface area contributed by atoms with Gasteiger partial charge in [0.15, 0.2) is 15.6 Å². The summed E-state index contributed by atoms with van der Waals surface area (Å²) in [6.45, 7) is 1.47. The third-order valence-electron chi connectivity index (χ3n) is 4.25. The normalized spacial score (nSPS) is 22.1. The van der Waals surface area contributed by atoms with Crippen LogP contribution in [0, 0.1) is 0 Å². The average Bonchev–Trinajstić information content (AvgIpc) is 2.95. The first-order chi connectivity index (χ1) is 11.1. The lowest BCUT2D eigenvalue weighted by Gasteiger charge is -2.36. The number of nitrogens with zero attached hydrogens (tertiary/aromatic N) is 1. The third-order valence-corrected chi connectivity index (χ3v) is 7.74. The summed E-state index contributed by atoms with van der Waals surface area (Å²) in [5.41, 5.74) is 0. The van der Waals surface area contributed by atoms with Gasteiger partial charge in [0.1, 0.15) is 4.90 Å². The SMILES string of the molecule is CS(=O)(=O)c1ccc(Cl)c(S(=O)(=O)N2CCC3(CC2)OCCO3)c1. The molecule has 3 rings (SSSR count). The first-order valence-electron chi connectivity index (χ1n) is 7.42. The van der Waals surface area contributed by atoms with Crippen LogP contribution in [-0.4, -0.2) is 59.5 Å². The molecule has 2 saturated heterocycles. The molecule has 0 N–H and O–H groups in total. The Balaban J connectivity index is 1.89. The van der Waals surface area contributed by atoms with Crippen molar-refractivity contribution in [2.75, 3.05) is 32.6 Å². The standard InChI is InChI=1S/C14H18ClNO6S2/c1-23(17,18)11-2-3-12(15)13(10-11)24(19,20)16-6-4-14(5-7-16)21-8-9-22-14/h2-3,10H,4-9H2,1H3. The Kier molecular flexibility index (Phi) is 4.69. The van der Waals surface area contributed by atoms with Crippen molar-refractivity contribution in [2.45, 2.75) is 28.4 Å². The van der Waals surface area contributed by atoms with Gasteiger partial charge in [0, 0.05) is 32.2 Å². The van der Waals surface area contributed by atoms with E-state index in [0.29, 0.717) is 26.1 Å². The topological polar surface area (TPSA) is 90.0 Å². The zero-order valence-corrected chi connectivity index (χ0v) is 15.5. The van der Waals surface area contributed by atoms with E-state index in [0.717, 1.165) is 12.3 Å². The molecule has 0 atom stereocenters. The molecule has 7 nitrogen and oxygen atoms in total. The molecule has 1 aromatic rings. The molecular weight excluding hydrogens is 378 g/mol. The molecule has 2 aliphatic rings. The van der Waals surface area contributed by atoms with Crippen molar-refractivity contribution in [3.8, 4) is 0 Å². The summed E-state index contributed by atoms with van der Waals surface area (Å²) in [6, 6.07) is 3.70. The van der Waals surface area contributed by atoms with Crippen molar-refractivity contribution >= 4 is 31.5 Å². The van der Waals surface area contributed by atoms with E-state index in [1.54, 1.807) is 0 Å². The highest BCUT2D eigenvalue weighted by atomic mass is 35.5. The number of piperidine rings is 1. The molecule has 1 spiro atoms. The summed E-state index contributed by atoms with van der Waals surface area (Å²) in [7, 11) is -7.43. The average molecular weight is 396 g/mol. The monoisotopic (exact) mass is 395 g/mol. The fourth-order valence-electron chi connectivity index (χ4n) is 2.90. The molecule has 0 bridgehead atoms. The lowest BCUT2D eigenvalue weighted by molar-refractivity contribution is -0.179. The quantitative estimate of drug-likeness (QED) is 0.765.